The van der Waals surface area contributed by atoms with Crippen LogP contribution in [0.2, 0.25) is 0 Å². The van der Waals surface area contributed by atoms with Crippen molar-refractivity contribution in [3.8, 4) is 0 Å². The molecule has 1 aliphatic heterocycles. The Kier molecular flexibility index (Phi) is 2.31. The van der Waals surface area contributed by atoms with E-state index in [1.54, 1.807) is 0 Å². The van der Waals surface area contributed by atoms with E-state index < -0.39 is 0 Å². The summed E-state index contributed by atoms with van der Waals surface area (Å²) < 4.78 is 0. The molecule has 3 heteroatoms. The molecule has 1 aromatic carbocycles. The Hall–Kier alpha value is -1.64. The second-order valence-corrected chi connectivity index (χ2v) is 3.43. The SMILES string of the molecule is CNc1ccccc1N1C=CN(C)C1. The molecule has 0 atom stereocenters. The summed E-state index contributed by atoms with van der Waals surface area (Å²) >= 11 is 0. The highest BCUT2D eigenvalue weighted by atomic mass is 15.3. The van der Waals surface area contributed by atoms with Crippen LogP contribution in [0, 0.1) is 0 Å². The smallest absolute Gasteiger partial charge is 0.0939 e. The molecule has 0 spiro atoms. The van der Waals surface area contributed by atoms with Gasteiger partial charge in [-0.15, -0.1) is 0 Å². The van der Waals surface area contributed by atoms with Crippen molar-refractivity contribution in [3.63, 3.8) is 0 Å². The molecule has 0 radical (unpaired) electrons. The predicted molar refractivity (Wildman–Crippen MR) is 60.2 cm³/mol. The average molecular weight is 189 g/mol. The van der Waals surface area contributed by atoms with Gasteiger partial charge < -0.3 is 15.1 Å². The third-order valence-electron chi connectivity index (χ3n) is 2.36. The normalized spacial score (nSPS) is 15.0. The molecule has 2 rings (SSSR count). The van der Waals surface area contributed by atoms with Crippen molar-refractivity contribution >= 4 is 11.4 Å². The van der Waals surface area contributed by atoms with E-state index in [1.165, 1.54) is 5.69 Å². The van der Waals surface area contributed by atoms with Gasteiger partial charge in [0.2, 0.25) is 0 Å². The molecule has 1 heterocycles. The zero-order chi connectivity index (χ0) is 9.97. The minimum Gasteiger partial charge on any atom is -0.386 e. The van der Waals surface area contributed by atoms with Gasteiger partial charge in [-0.2, -0.15) is 0 Å². The topological polar surface area (TPSA) is 18.5 Å². The first-order valence-electron chi connectivity index (χ1n) is 4.73. The van der Waals surface area contributed by atoms with Crippen molar-refractivity contribution in [2.45, 2.75) is 0 Å². The van der Waals surface area contributed by atoms with Crippen LogP contribution in [0.4, 0.5) is 11.4 Å². The van der Waals surface area contributed by atoms with E-state index in [0.717, 1.165) is 12.4 Å². The van der Waals surface area contributed by atoms with Gasteiger partial charge in [-0.3, -0.25) is 0 Å². The van der Waals surface area contributed by atoms with Gasteiger partial charge in [-0.25, -0.2) is 0 Å². The number of nitrogens with one attached hydrogen (secondary N) is 1. The van der Waals surface area contributed by atoms with E-state index in [2.05, 4.69) is 52.8 Å². The van der Waals surface area contributed by atoms with Gasteiger partial charge >= 0.3 is 0 Å². The zero-order valence-electron chi connectivity index (χ0n) is 8.57. The molecule has 0 aromatic heterocycles. The van der Waals surface area contributed by atoms with Gasteiger partial charge in [0.1, 0.15) is 0 Å². The zero-order valence-corrected chi connectivity index (χ0v) is 8.57. The van der Waals surface area contributed by atoms with E-state index in [-0.39, 0.29) is 0 Å². The van der Waals surface area contributed by atoms with Gasteiger partial charge in [0.15, 0.2) is 0 Å². The second-order valence-electron chi connectivity index (χ2n) is 3.43. The third kappa shape index (κ3) is 1.53. The van der Waals surface area contributed by atoms with E-state index in [0.29, 0.717) is 0 Å². The number of hydrogen-bond acceptors (Lipinski definition) is 3. The van der Waals surface area contributed by atoms with Gasteiger partial charge in [0.05, 0.1) is 18.0 Å². The maximum absolute atomic E-state index is 3.19. The Morgan fingerprint density at radius 1 is 1.21 bits per heavy atom. The first kappa shape index (κ1) is 8.94. The lowest BCUT2D eigenvalue weighted by molar-refractivity contribution is 0.496. The third-order valence-corrected chi connectivity index (χ3v) is 2.36. The molecule has 0 amide bonds. The first-order valence-corrected chi connectivity index (χ1v) is 4.73. The summed E-state index contributed by atoms with van der Waals surface area (Å²) in [7, 11) is 4.01. The van der Waals surface area contributed by atoms with Crippen molar-refractivity contribution in [1.82, 2.24) is 4.90 Å². The lowest BCUT2D eigenvalue weighted by atomic mass is 10.2. The van der Waals surface area contributed by atoms with Crippen LogP contribution in [-0.2, 0) is 0 Å². The molecule has 1 aliphatic rings. The molecule has 3 nitrogen and oxygen atoms in total. The summed E-state index contributed by atoms with van der Waals surface area (Å²) in [5.41, 5.74) is 2.38. The summed E-state index contributed by atoms with van der Waals surface area (Å²) in [5, 5.41) is 3.19. The highest BCUT2D eigenvalue weighted by Gasteiger charge is 2.12. The Morgan fingerprint density at radius 2 is 2.00 bits per heavy atom. The van der Waals surface area contributed by atoms with Crippen LogP contribution < -0.4 is 10.2 Å². The van der Waals surface area contributed by atoms with Crippen LogP contribution in [-0.4, -0.2) is 25.7 Å². The predicted octanol–water partition coefficient (Wildman–Crippen LogP) is 1.91. The van der Waals surface area contributed by atoms with E-state index in [9.17, 15) is 0 Å². The highest BCUT2D eigenvalue weighted by molar-refractivity contribution is 5.71. The molecule has 0 bridgehead atoms. The summed E-state index contributed by atoms with van der Waals surface area (Å²) in [6, 6.07) is 8.30. The summed E-state index contributed by atoms with van der Waals surface area (Å²) in [5.74, 6) is 0. The van der Waals surface area contributed by atoms with Crippen molar-refractivity contribution in [2.24, 2.45) is 0 Å². The monoisotopic (exact) mass is 189 g/mol. The highest BCUT2D eigenvalue weighted by Crippen LogP contribution is 2.27. The molecule has 0 aliphatic carbocycles. The van der Waals surface area contributed by atoms with Crippen LogP contribution in [0.3, 0.4) is 0 Å². The summed E-state index contributed by atoms with van der Waals surface area (Å²) in [6.45, 7) is 0.915. The fourth-order valence-corrected chi connectivity index (χ4v) is 1.62. The fraction of sp³-hybridized carbons (Fsp3) is 0.273. The molecular weight excluding hydrogens is 174 g/mol. The minimum atomic E-state index is 0.915. The Bertz CT molecular complexity index is 346. The molecule has 0 saturated heterocycles. The Labute approximate surface area is 84.6 Å². The van der Waals surface area contributed by atoms with Crippen molar-refractivity contribution < 1.29 is 0 Å². The van der Waals surface area contributed by atoms with Crippen LogP contribution in [0.15, 0.2) is 36.7 Å². The second kappa shape index (κ2) is 3.62. The lowest BCUT2D eigenvalue weighted by Crippen LogP contribution is -2.22. The number of hydrogen-bond donors (Lipinski definition) is 1. The molecular formula is C11H15N3. The van der Waals surface area contributed by atoms with Gasteiger partial charge in [-0.1, -0.05) is 12.1 Å². The van der Waals surface area contributed by atoms with Crippen LogP contribution >= 0.6 is 0 Å². The Balaban J connectivity index is 2.28. The summed E-state index contributed by atoms with van der Waals surface area (Å²) in [4.78, 5) is 4.36. The van der Waals surface area contributed by atoms with Crippen molar-refractivity contribution in [3.05, 3.63) is 36.7 Å². The van der Waals surface area contributed by atoms with Crippen LogP contribution in [0.25, 0.3) is 0 Å². The largest absolute Gasteiger partial charge is 0.386 e. The van der Waals surface area contributed by atoms with Gasteiger partial charge in [-0.05, 0) is 12.1 Å². The maximum Gasteiger partial charge on any atom is 0.0939 e. The fourth-order valence-electron chi connectivity index (χ4n) is 1.62. The van der Waals surface area contributed by atoms with E-state index in [1.807, 2.05) is 13.1 Å². The quantitative estimate of drug-likeness (QED) is 0.766. The number of para-hydroxylation sites is 2. The number of rotatable bonds is 2. The Morgan fingerprint density at radius 3 is 2.64 bits per heavy atom. The van der Waals surface area contributed by atoms with E-state index in [4.69, 9.17) is 0 Å². The average Bonchev–Trinajstić information content (AvgIpc) is 2.65. The standard InChI is InChI=1S/C11H15N3/c1-12-10-5-3-4-6-11(10)14-8-7-13(2)9-14/h3-8,12H,9H2,1-2H3. The number of anilines is 2. The minimum absolute atomic E-state index is 0.915. The van der Waals surface area contributed by atoms with Crippen molar-refractivity contribution in [1.29, 1.82) is 0 Å². The maximum atomic E-state index is 3.19. The van der Waals surface area contributed by atoms with Crippen LogP contribution in [0.5, 0.6) is 0 Å². The molecule has 0 fully saturated rings. The van der Waals surface area contributed by atoms with Crippen molar-refractivity contribution in [2.75, 3.05) is 31.0 Å². The summed E-state index contributed by atoms with van der Waals surface area (Å²) in [6.07, 6.45) is 4.17. The lowest BCUT2D eigenvalue weighted by Gasteiger charge is -2.20. The van der Waals surface area contributed by atoms with Gasteiger partial charge in [0.25, 0.3) is 0 Å². The van der Waals surface area contributed by atoms with Crippen LogP contribution in [0.1, 0.15) is 0 Å². The molecule has 1 aromatic rings. The molecule has 1 N–H and O–H groups in total. The first-order chi connectivity index (χ1) is 6.81. The molecule has 0 unspecified atom stereocenters. The number of nitrogens with zero attached hydrogens (tertiary/aromatic N) is 2. The molecule has 14 heavy (non-hydrogen) atoms. The van der Waals surface area contributed by atoms with Gasteiger partial charge in [0, 0.05) is 26.5 Å². The number of benzene rings is 1. The van der Waals surface area contributed by atoms with E-state index >= 15 is 0 Å². The molecule has 0 saturated carbocycles. The molecule has 74 valence electrons.